The third-order valence-corrected chi connectivity index (χ3v) is 4.18. The van der Waals surface area contributed by atoms with Crippen LogP contribution in [0.1, 0.15) is 37.2 Å². The van der Waals surface area contributed by atoms with Gasteiger partial charge in [0.15, 0.2) is 21.6 Å². The molecule has 1 fully saturated rings. The summed E-state index contributed by atoms with van der Waals surface area (Å²) in [6, 6.07) is 3.85. The number of methoxy groups -OCH3 is 2. The molecule has 0 bridgehead atoms. The van der Waals surface area contributed by atoms with Gasteiger partial charge in [0, 0.05) is 0 Å². The Morgan fingerprint density at radius 3 is 1.79 bits per heavy atom. The third-order valence-electron chi connectivity index (χ3n) is 3.61. The van der Waals surface area contributed by atoms with E-state index in [0.29, 0.717) is 17.4 Å². The molecule has 0 amide bonds. The van der Waals surface area contributed by atoms with E-state index in [1.54, 1.807) is 14.2 Å². The summed E-state index contributed by atoms with van der Waals surface area (Å²) in [5.41, 5.74) is -4.43. The van der Waals surface area contributed by atoms with Gasteiger partial charge >= 0.3 is 5.51 Å². The maximum absolute atomic E-state index is 10.7. The smallest absolute Gasteiger partial charge is 0.485 e. The molecular formula is C14H18F3O6S-. The van der Waals surface area contributed by atoms with Crippen molar-refractivity contribution < 1.29 is 40.7 Å². The van der Waals surface area contributed by atoms with Crippen molar-refractivity contribution in [1.82, 2.24) is 0 Å². The van der Waals surface area contributed by atoms with Gasteiger partial charge in [-0.05, 0) is 36.5 Å². The van der Waals surface area contributed by atoms with Gasteiger partial charge in [-0.25, -0.2) is 8.42 Å². The lowest BCUT2D eigenvalue weighted by Gasteiger charge is -2.14. The molecule has 0 radical (unpaired) electrons. The molecule has 0 spiro atoms. The van der Waals surface area contributed by atoms with Crippen LogP contribution in [0.3, 0.4) is 0 Å². The molecule has 0 unspecified atom stereocenters. The third kappa shape index (κ3) is 5.17. The van der Waals surface area contributed by atoms with E-state index >= 15 is 0 Å². The van der Waals surface area contributed by atoms with Crippen LogP contribution in [0.25, 0.3) is 0 Å². The Labute approximate surface area is 137 Å². The first-order valence-corrected chi connectivity index (χ1v) is 8.39. The SMILES string of the molecule is COc1cc(C2CCCC2)cc(OC)c1O.O=S(=O)([O-])C(F)(F)F. The topological polar surface area (TPSA) is 95.9 Å². The minimum atomic E-state index is -6.09. The standard InChI is InChI=1S/C13H18O3.CHF3O3S/c1-15-11-7-10(9-5-3-4-6-9)8-12(16-2)13(11)14;2-1(3,4)8(5,6)7/h7-9,14H,3-6H2,1-2H3;(H,5,6,7)/p-1. The van der Waals surface area contributed by atoms with Crippen molar-refractivity contribution in [3.63, 3.8) is 0 Å². The van der Waals surface area contributed by atoms with Crippen LogP contribution in [0, 0.1) is 0 Å². The van der Waals surface area contributed by atoms with Gasteiger partial charge in [0.25, 0.3) is 0 Å². The van der Waals surface area contributed by atoms with Gasteiger partial charge < -0.3 is 19.1 Å². The van der Waals surface area contributed by atoms with Crippen LogP contribution >= 0.6 is 0 Å². The Bertz CT molecular complexity index is 626. The number of halogens is 3. The number of alkyl halides is 3. The molecule has 1 aliphatic rings. The van der Waals surface area contributed by atoms with Gasteiger partial charge in [-0.1, -0.05) is 12.8 Å². The molecule has 0 heterocycles. The van der Waals surface area contributed by atoms with Crippen LogP contribution in [0.4, 0.5) is 13.2 Å². The average Bonchev–Trinajstić information content (AvgIpc) is 3.00. The van der Waals surface area contributed by atoms with E-state index in [2.05, 4.69) is 0 Å². The molecule has 0 saturated heterocycles. The molecule has 1 aromatic rings. The molecule has 1 saturated carbocycles. The van der Waals surface area contributed by atoms with Gasteiger partial charge in [-0.3, -0.25) is 0 Å². The number of hydrogen-bond donors (Lipinski definition) is 1. The first-order valence-electron chi connectivity index (χ1n) is 6.98. The highest BCUT2D eigenvalue weighted by atomic mass is 32.2. The van der Waals surface area contributed by atoms with Crippen molar-refractivity contribution in [2.75, 3.05) is 14.2 Å². The second-order valence-corrected chi connectivity index (χ2v) is 6.53. The van der Waals surface area contributed by atoms with Gasteiger partial charge in [-0.2, -0.15) is 13.2 Å². The predicted molar refractivity (Wildman–Crippen MR) is 78.2 cm³/mol. The lowest BCUT2D eigenvalue weighted by Crippen LogP contribution is -2.21. The van der Waals surface area contributed by atoms with E-state index in [0.717, 1.165) is 0 Å². The van der Waals surface area contributed by atoms with Crippen LogP contribution in [0.2, 0.25) is 0 Å². The van der Waals surface area contributed by atoms with Gasteiger partial charge in [0.1, 0.15) is 0 Å². The average molecular weight is 371 g/mol. The van der Waals surface area contributed by atoms with E-state index < -0.39 is 15.6 Å². The number of hydrogen-bond acceptors (Lipinski definition) is 6. The highest BCUT2D eigenvalue weighted by molar-refractivity contribution is 7.86. The van der Waals surface area contributed by atoms with Crippen molar-refractivity contribution in [2.45, 2.75) is 37.1 Å². The number of ether oxygens (including phenoxy) is 2. The van der Waals surface area contributed by atoms with Gasteiger partial charge in [-0.15, -0.1) is 0 Å². The minimum Gasteiger partial charge on any atom is -0.741 e. The zero-order chi connectivity index (χ0) is 18.5. The Balaban J connectivity index is 0.000000307. The minimum absolute atomic E-state index is 0.0896. The molecular weight excluding hydrogens is 353 g/mol. The molecule has 24 heavy (non-hydrogen) atoms. The van der Waals surface area contributed by atoms with Crippen molar-refractivity contribution >= 4 is 10.1 Å². The molecule has 0 aromatic heterocycles. The maximum atomic E-state index is 10.7. The number of rotatable bonds is 3. The van der Waals surface area contributed by atoms with Crippen LogP contribution in [-0.4, -0.2) is 37.8 Å². The highest BCUT2D eigenvalue weighted by Crippen LogP contribution is 2.42. The van der Waals surface area contributed by atoms with Gasteiger partial charge in [0.05, 0.1) is 14.2 Å². The van der Waals surface area contributed by atoms with Crippen molar-refractivity contribution in [3.05, 3.63) is 17.7 Å². The molecule has 138 valence electrons. The lowest BCUT2D eigenvalue weighted by atomic mass is 9.97. The van der Waals surface area contributed by atoms with Crippen LogP contribution < -0.4 is 9.47 Å². The first-order chi connectivity index (χ1) is 11.0. The summed E-state index contributed by atoms with van der Waals surface area (Å²) < 4.78 is 69.2. The summed E-state index contributed by atoms with van der Waals surface area (Å²) in [5.74, 6) is 1.68. The number of phenolic OH excluding ortho intramolecular Hbond substituents is 1. The summed E-state index contributed by atoms with van der Waals surface area (Å²) in [4.78, 5) is 0. The number of phenols is 1. The molecule has 1 N–H and O–H groups in total. The largest absolute Gasteiger partial charge is 0.741 e. The summed E-state index contributed by atoms with van der Waals surface area (Å²) in [7, 11) is -2.97. The quantitative estimate of drug-likeness (QED) is 0.648. The maximum Gasteiger partial charge on any atom is 0.485 e. The normalized spacial score (nSPS) is 15.6. The Morgan fingerprint density at radius 1 is 1.12 bits per heavy atom. The monoisotopic (exact) mass is 371 g/mol. The first kappa shape index (κ1) is 20.4. The van der Waals surface area contributed by atoms with Crippen LogP contribution in [-0.2, 0) is 10.1 Å². The second-order valence-electron chi connectivity index (χ2n) is 5.16. The van der Waals surface area contributed by atoms with Crippen LogP contribution in [0.15, 0.2) is 12.1 Å². The lowest BCUT2D eigenvalue weighted by molar-refractivity contribution is -0.0517. The molecule has 0 aliphatic heterocycles. The van der Waals surface area contributed by atoms with E-state index in [4.69, 9.17) is 22.4 Å². The zero-order valence-electron chi connectivity index (χ0n) is 13.1. The Kier molecular flexibility index (Phi) is 6.73. The van der Waals surface area contributed by atoms with Crippen molar-refractivity contribution in [1.29, 1.82) is 0 Å². The molecule has 6 nitrogen and oxygen atoms in total. The van der Waals surface area contributed by atoms with E-state index in [-0.39, 0.29) is 5.75 Å². The molecule has 0 atom stereocenters. The number of benzene rings is 1. The molecule has 1 aliphatic carbocycles. The Hall–Kier alpha value is -1.68. The molecule has 1 aromatic carbocycles. The highest BCUT2D eigenvalue weighted by Gasteiger charge is 2.36. The molecule has 10 heteroatoms. The summed E-state index contributed by atoms with van der Waals surface area (Å²) in [6.07, 6.45) is 5.01. The zero-order valence-corrected chi connectivity index (χ0v) is 13.9. The molecule has 2 rings (SSSR count). The Morgan fingerprint density at radius 2 is 1.50 bits per heavy atom. The van der Waals surface area contributed by atoms with E-state index in [1.165, 1.54) is 31.2 Å². The fourth-order valence-electron chi connectivity index (χ4n) is 2.41. The summed E-state index contributed by atoms with van der Waals surface area (Å²) in [6.45, 7) is 0. The fraction of sp³-hybridized carbons (Fsp3) is 0.571. The second kappa shape index (κ2) is 7.93. The van der Waals surface area contributed by atoms with Crippen LogP contribution in [0.5, 0.6) is 17.2 Å². The van der Waals surface area contributed by atoms with Crippen molar-refractivity contribution in [3.8, 4) is 17.2 Å². The van der Waals surface area contributed by atoms with E-state index in [1.807, 2.05) is 12.1 Å². The van der Waals surface area contributed by atoms with Gasteiger partial charge in [0.2, 0.25) is 5.75 Å². The number of aromatic hydroxyl groups is 1. The summed E-state index contributed by atoms with van der Waals surface area (Å²) >= 11 is 0. The van der Waals surface area contributed by atoms with E-state index in [9.17, 15) is 18.3 Å². The predicted octanol–water partition coefficient (Wildman–Crippen LogP) is 3.12. The fourth-order valence-corrected chi connectivity index (χ4v) is 2.41. The summed E-state index contributed by atoms with van der Waals surface area (Å²) in [5, 5.41) is 9.81. The van der Waals surface area contributed by atoms with Crippen molar-refractivity contribution in [2.24, 2.45) is 0 Å².